The van der Waals surface area contributed by atoms with Crippen LogP contribution in [0.25, 0.3) is 11.0 Å². The van der Waals surface area contributed by atoms with Crippen molar-refractivity contribution in [3.8, 4) is 5.75 Å². The van der Waals surface area contributed by atoms with Gasteiger partial charge in [-0.15, -0.1) is 0 Å². The van der Waals surface area contributed by atoms with Gasteiger partial charge in [0.2, 0.25) is 5.76 Å². The van der Waals surface area contributed by atoms with Gasteiger partial charge in [-0.3, -0.25) is 4.90 Å². The smallest absolute Gasteiger partial charge is 0.374 e. The van der Waals surface area contributed by atoms with E-state index in [1.165, 1.54) is 12.8 Å². The van der Waals surface area contributed by atoms with Crippen molar-refractivity contribution in [1.82, 2.24) is 4.90 Å². The third kappa shape index (κ3) is 2.81. The summed E-state index contributed by atoms with van der Waals surface area (Å²) in [6.45, 7) is 4.97. The third-order valence-corrected chi connectivity index (χ3v) is 4.04. The molecule has 5 heteroatoms. The molecule has 0 N–H and O–H groups in total. The van der Waals surface area contributed by atoms with Crippen LogP contribution in [0.1, 0.15) is 35.9 Å². The van der Waals surface area contributed by atoms with Crippen LogP contribution in [-0.2, 0) is 11.3 Å². The molecule has 1 aromatic carbocycles. The number of carbonyl (C=O) groups is 1. The Labute approximate surface area is 129 Å². The van der Waals surface area contributed by atoms with Crippen LogP contribution in [0, 0.1) is 0 Å². The first-order valence-electron chi connectivity index (χ1n) is 7.71. The van der Waals surface area contributed by atoms with Crippen molar-refractivity contribution in [2.45, 2.75) is 26.3 Å². The Morgan fingerprint density at radius 3 is 2.77 bits per heavy atom. The van der Waals surface area contributed by atoms with Crippen molar-refractivity contribution in [3.05, 3.63) is 29.5 Å². The molecule has 2 aromatic rings. The Balaban J connectivity index is 2.03. The third-order valence-electron chi connectivity index (χ3n) is 4.04. The molecule has 0 aliphatic carbocycles. The standard InChI is InChI=1S/C17H21NO4/c1-3-21-17(19)16-14(11-18-8-4-5-9-18)13-7-6-12(20-2)10-15(13)22-16/h6-7,10H,3-5,8-9,11H2,1-2H3. The van der Waals surface area contributed by atoms with Crippen molar-refractivity contribution in [2.75, 3.05) is 26.8 Å². The lowest BCUT2D eigenvalue weighted by Crippen LogP contribution is -2.20. The van der Waals surface area contributed by atoms with Crippen LogP contribution in [0.4, 0.5) is 0 Å². The zero-order valence-corrected chi connectivity index (χ0v) is 13.1. The van der Waals surface area contributed by atoms with E-state index in [2.05, 4.69) is 4.90 Å². The maximum atomic E-state index is 12.2. The van der Waals surface area contributed by atoms with Gasteiger partial charge in [0, 0.05) is 23.6 Å². The molecule has 118 valence electrons. The number of hydrogen-bond donors (Lipinski definition) is 0. The Morgan fingerprint density at radius 2 is 2.09 bits per heavy atom. The van der Waals surface area contributed by atoms with Crippen LogP contribution in [0.2, 0.25) is 0 Å². The second-order valence-electron chi connectivity index (χ2n) is 5.48. The largest absolute Gasteiger partial charge is 0.497 e. The van der Waals surface area contributed by atoms with Crippen LogP contribution in [-0.4, -0.2) is 37.7 Å². The van der Waals surface area contributed by atoms with E-state index in [0.717, 1.165) is 24.0 Å². The lowest BCUT2D eigenvalue weighted by molar-refractivity contribution is 0.0489. The molecule has 0 atom stereocenters. The van der Waals surface area contributed by atoms with Gasteiger partial charge in [-0.1, -0.05) is 0 Å². The van der Waals surface area contributed by atoms with Gasteiger partial charge in [0.25, 0.3) is 0 Å². The molecule has 1 aliphatic rings. The predicted molar refractivity (Wildman–Crippen MR) is 83.2 cm³/mol. The summed E-state index contributed by atoms with van der Waals surface area (Å²) >= 11 is 0. The van der Waals surface area contributed by atoms with E-state index in [9.17, 15) is 4.79 Å². The topological polar surface area (TPSA) is 51.9 Å². The highest BCUT2D eigenvalue weighted by Gasteiger charge is 2.24. The average molecular weight is 303 g/mol. The van der Waals surface area contributed by atoms with Crippen molar-refractivity contribution in [3.63, 3.8) is 0 Å². The maximum absolute atomic E-state index is 12.2. The highest BCUT2D eigenvalue weighted by Crippen LogP contribution is 2.31. The fourth-order valence-corrected chi connectivity index (χ4v) is 2.94. The molecule has 0 radical (unpaired) electrons. The minimum absolute atomic E-state index is 0.317. The van der Waals surface area contributed by atoms with Crippen molar-refractivity contribution >= 4 is 16.9 Å². The number of methoxy groups -OCH3 is 1. The Morgan fingerprint density at radius 1 is 1.32 bits per heavy atom. The number of ether oxygens (including phenoxy) is 2. The number of fused-ring (bicyclic) bond motifs is 1. The molecule has 0 spiro atoms. The van der Waals surface area contributed by atoms with Gasteiger partial charge in [-0.25, -0.2) is 4.79 Å². The maximum Gasteiger partial charge on any atom is 0.374 e. The molecule has 2 heterocycles. The van der Waals surface area contributed by atoms with Crippen LogP contribution < -0.4 is 4.74 Å². The number of nitrogens with zero attached hydrogens (tertiary/aromatic N) is 1. The molecule has 1 aromatic heterocycles. The Kier molecular flexibility index (Phi) is 4.34. The molecule has 1 fully saturated rings. The van der Waals surface area contributed by atoms with Crippen molar-refractivity contribution < 1.29 is 18.7 Å². The minimum atomic E-state index is -0.396. The normalized spacial score (nSPS) is 15.4. The molecule has 0 amide bonds. The van der Waals surface area contributed by atoms with E-state index in [1.807, 2.05) is 18.2 Å². The Hall–Kier alpha value is -2.01. The molecule has 22 heavy (non-hydrogen) atoms. The van der Waals surface area contributed by atoms with Gasteiger partial charge in [0.05, 0.1) is 13.7 Å². The fourth-order valence-electron chi connectivity index (χ4n) is 2.94. The average Bonchev–Trinajstić information content (AvgIpc) is 3.15. The van der Waals surface area contributed by atoms with Gasteiger partial charge >= 0.3 is 5.97 Å². The molecular formula is C17H21NO4. The highest BCUT2D eigenvalue weighted by atomic mass is 16.5. The van der Waals surface area contributed by atoms with Gasteiger partial charge in [-0.05, 0) is 45.0 Å². The first-order chi connectivity index (χ1) is 10.7. The predicted octanol–water partition coefficient (Wildman–Crippen LogP) is 3.21. The summed E-state index contributed by atoms with van der Waals surface area (Å²) in [7, 11) is 1.61. The van der Waals surface area contributed by atoms with Gasteiger partial charge in [-0.2, -0.15) is 0 Å². The molecule has 0 saturated carbocycles. The molecule has 5 nitrogen and oxygen atoms in total. The highest BCUT2D eigenvalue weighted by molar-refractivity contribution is 5.96. The number of furan rings is 1. The van der Waals surface area contributed by atoms with Gasteiger partial charge < -0.3 is 13.9 Å². The fraction of sp³-hybridized carbons (Fsp3) is 0.471. The molecule has 3 rings (SSSR count). The van der Waals surface area contributed by atoms with Crippen LogP contribution >= 0.6 is 0 Å². The second-order valence-corrected chi connectivity index (χ2v) is 5.48. The zero-order chi connectivity index (χ0) is 15.5. The van der Waals surface area contributed by atoms with E-state index in [1.54, 1.807) is 14.0 Å². The van der Waals surface area contributed by atoms with E-state index >= 15 is 0 Å². The number of benzene rings is 1. The second kappa shape index (κ2) is 6.40. The summed E-state index contributed by atoms with van der Waals surface area (Å²) in [5.74, 6) is 0.633. The zero-order valence-electron chi connectivity index (χ0n) is 13.1. The molecule has 1 saturated heterocycles. The van der Waals surface area contributed by atoms with E-state index in [-0.39, 0.29) is 0 Å². The lowest BCUT2D eigenvalue weighted by atomic mass is 10.1. The number of carbonyl (C=O) groups excluding carboxylic acids is 1. The quantitative estimate of drug-likeness (QED) is 0.794. The summed E-state index contributed by atoms with van der Waals surface area (Å²) in [5, 5.41) is 0.954. The van der Waals surface area contributed by atoms with Crippen LogP contribution in [0.3, 0.4) is 0 Å². The molecule has 0 bridgehead atoms. The van der Waals surface area contributed by atoms with E-state index in [0.29, 0.717) is 30.2 Å². The van der Waals surface area contributed by atoms with Crippen LogP contribution in [0.15, 0.2) is 22.6 Å². The van der Waals surface area contributed by atoms with Gasteiger partial charge in [0.15, 0.2) is 0 Å². The first-order valence-corrected chi connectivity index (χ1v) is 7.71. The first kappa shape index (κ1) is 14.9. The minimum Gasteiger partial charge on any atom is -0.497 e. The summed E-state index contributed by atoms with van der Waals surface area (Å²) in [6.07, 6.45) is 2.41. The summed E-state index contributed by atoms with van der Waals surface area (Å²) in [4.78, 5) is 14.5. The molecule has 1 aliphatic heterocycles. The van der Waals surface area contributed by atoms with Crippen molar-refractivity contribution in [2.24, 2.45) is 0 Å². The summed E-state index contributed by atoms with van der Waals surface area (Å²) in [6, 6.07) is 5.65. The number of likely N-dealkylation sites (tertiary alicyclic amines) is 1. The number of hydrogen-bond acceptors (Lipinski definition) is 5. The molecular weight excluding hydrogens is 282 g/mol. The summed E-state index contributed by atoms with van der Waals surface area (Å²) in [5.41, 5.74) is 1.58. The molecule has 0 unspecified atom stereocenters. The van der Waals surface area contributed by atoms with Crippen molar-refractivity contribution in [1.29, 1.82) is 0 Å². The van der Waals surface area contributed by atoms with E-state index in [4.69, 9.17) is 13.9 Å². The number of esters is 1. The van der Waals surface area contributed by atoms with E-state index < -0.39 is 5.97 Å². The Bertz CT molecular complexity index is 671. The van der Waals surface area contributed by atoms with Crippen LogP contribution in [0.5, 0.6) is 5.75 Å². The SMILES string of the molecule is CCOC(=O)c1oc2cc(OC)ccc2c1CN1CCCC1. The van der Waals surface area contributed by atoms with Gasteiger partial charge in [0.1, 0.15) is 11.3 Å². The summed E-state index contributed by atoms with van der Waals surface area (Å²) < 4.78 is 16.1. The number of rotatable bonds is 5. The monoisotopic (exact) mass is 303 g/mol. The lowest BCUT2D eigenvalue weighted by Gasteiger charge is -2.14.